The van der Waals surface area contributed by atoms with Crippen molar-refractivity contribution in [2.45, 2.75) is 6.92 Å². The highest BCUT2D eigenvalue weighted by atomic mass is 16.5. The molecular formula is C18H19N3O4. The quantitative estimate of drug-likeness (QED) is 0.549. The third kappa shape index (κ3) is 5.35. The number of hydrogen-bond acceptors (Lipinski definition) is 5. The molecule has 25 heavy (non-hydrogen) atoms. The molecule has 130 valence electrons. The first-order valence-corrected chi connectivity index (χ1v) is 7.53. The van der Waals surface area contributed by atoms with Crippen LogP contribution in [0.2, 0.25) is 0 Å². The average molecular weight is 341 g/mol. The van der Waals surface area contributed by atoms with E-state index >= 15 is 0 Å². The molecule has 2 amide bonds. The van der Waals surface area contributed by atoms with Gasteiger partial charge in [-0.1, -0.05) is 17.7 Å². The summed E-state index contributed by atoms with van der Waals surface area (Å²) in [4.78, 5) is 23.6. The largest absolute Gasteiger partial charge is 0.504 e. The zero-order valence-electron chi connectivity index (χ0n) is 13.9. The molecule has 3 N–H and O–H groups in total. The molecule has 0 aromatic heterocycles. The fraction of sp³-hybridized carbons (Fsp3) is 0.167. The number of phenolic OH excluding ortho intramolecular Hbond substituents is 1. The molecule has 0 aliphatic heterocycles. The van der Waals surface area contributed by atoms with Gasteiger partial charge in [0.1, 0.15) is 0 Å². The fourth-order valence-corrected chi connectivity index (χ4v) is 1.96. The normalized spacial score (nSPS) is 10.5. The third-order valence-electron chi connectivity index (χ3n) is 3.33. The van der Waals surface area contributed by atoms with Gasteiger partial charge in [0.05, 0.1) is 19.9 Å². The number of amides is 2. The number of ether oxygens (including phenoxy) is 1. The van der Waals surface area contributed by atoms with E-state index in [1.807, 2.05) is 19.1 Å². The summed E-state index contributed by atoms with van der Waals surface area (Å²) in [5.74, 6) is -0.465. The molecule has 0 spiro atoms. The Hall–Kier alpha value is -3.35. The molecule has 0 aliphatic rings. The lowest BCUT2D eigenvalue weighted by Crippen LogP contribution is -2.34. The summed E-state index contributed by atoms with van der Waals surface area (Å²) in [5, 5.41) is 15.8. The number of nitrogens with zero attached hydrogens (tertiary/aromatic N) is 1. The first-order chi connectivity index (χ1) is 12.0. The van der Waals surface area contributed by atoms with E-state index in [1.54, 1.807) is 24.3 Å². The van der Waals surface area contributed by atoms with Gasteiger partial charge in [-0.25, -0.2) is 5.43 Å². The molecule has 0 unspecified atom stereocenters. The van der Waals surface area contributed by atoms with E-state index in [0.29, 0.717) is 16.9 Å². The standard InChI is InChI=1S/C18H19N3O4/c1-12-3-6-14(7-4-12)18(24)19-11-17(23)21-20-10-13-5-8-15(22)16(9-13)25-2/h3-10,22H,11H2,1-2H3,(H,19,24)(H,21,23)/b20-10-. The van der Waals surface area contributed by atoms with E-state index in [4.69, 9.17) is 4.74 Å². The first kappa shape index (κ1) is 18.0. The van der Waals surface area contributed by atoms with Crippen molar-refractivity contribution < 1.29 is 19.4 Å². The Bertz CT molecular complexity index is 785. The second-order valence-electron chi connectivity index (χ2n) is 5.27. The van der Waals surface area contributed by atoms with Gasteiger partial charge in [-0.2, -0.15) is 5.10 Å². The Morgan fingerprint density at radius 1 is 1.20 bits per heavy atom. The number of aromatic hydroxyl groups is 1. The molecule has 0 aliphatic carbocycles. The number of aryl methyl sites for hydroxylation is 1. The van der Waals surface area contributed by atoms with Gasteiger partial charge in [0.15, 0.2) is 11.5 Å². The van der Waals surface area contributed by atoms with Crippen LogP contribution in [-0.4, -0.2) is 36.8 Å². The van der Waals surface area contributed by atoms with Crippen LogP contribution >= 0.6 is 0 Å². The van der Waals surface area contributed by atoms with Crippen LogP contribution in [0.1, 0.15) is 21.5 Å². The predicted molar refractivity (Wildman–Crippen MR) is 93.9 cm³/mol. The van der Waals surface area contributed by atoms with Crippen molar-refractivity contribution >= 4 is 18.0 Å². The van der Waals surface area contributed by atoms with Gasteiger partial charge >= 0.3 is 0 Å². The second-order valence-corrected chi connectivity index (χ2v) is 5.27. The van der Waals surface area contributed by atoms with Gasteiger partial charge in [0.25, 0.3) is 11.8 Å². The van der Waals surface area contributed by atoms with Crippen molar-refractivity contribution in [2.24, 2.45) is 5.10 Å². The van der Waals surface area contributed by atoms with Crippen LogP contribution in [0.3, 0.4) is 0 Å². The Morgan fingerprint density at radius 2 is 1.92 bits per heavy atom. The molecular weight excluding hydrogens is 322 g/mol. The predicted octanol–water partition coefficient (Wildman–Crippen LogP) is 1.59. The molecule has 0 saturated heterocycles. The number of carbonyl (C=O) groups excluding carboxylic acids is 2. The molecule has 2 aromatic carbocycles. The Balaban J connectivity index is 1.82. The highest BCUT2D eigenvalue weighted by molar-refractivity contribution is 5.96. The van der Waals surface area contributed by atoms with Gasteiger partial charge in [0, 0.05) is 5.56 Å². The molecule has 7 heteroatoms. The van der Waals surface area contributed by atoms with E-state index in [1.165, 1.54) is 19.4 Å². The summed E-state index contributed by atoms with van der Waals surface area (Å²) in [5.41, 5.74) is 4.48. The Labute approximate surface area is 145 Å². The maximum absolute atomic E-state index is 11.9. The summed E-state index contributed by atoms with van der Waals surface area (Å²) in [6, 6.07) is 11.7. The summed E-state index contributed by atoms with van der Waals surface area (Å²) in [6.07, 6.45) is 1.40. The molecule has 0 fully saturated rings. The molecule has 7 nitrogen and oxygen atoms in total. The number of benzene rings is 2. The molecule has 0 saturated carbocycles. The van der Waals surface area contributed by atoms with E-state index in [9.17, 15) is 14.7 Å². The molecule has 0 atom stereocenters. The number of rotatable bonds is 6. The second kappa shape index (κ2) is 8.49. The maximum atomic E-state index is 11.9. The highest BCUT2D eigenvalue weighted by Crippen LogP contribution is 2.25. The zero-order chi connectivity index (χ0) is 18.2. The molecule has 0 bridgehead atoms. The minimum Gasteiger partial charge on any atom is -0.504 e. The third-order valence-corrected chi connectivity index (χ3v) is 3.33. The van der Waals surface area contributed by atoms with Crippen molar-refractivity contribution in [3.63, 3.8) is 0 Å². The van der Waals surface area contributed by atoms with Crippen LogP contribution in [0.15, 0.2) is 47.6 Å². The molecule has 0 heterocycles. The van der Waals surface area contributed by atoms with Crippen molar-refractivity contribution in [3.05, 3.63) is 59.2 Å². The van der Waals surface area contributed by atoms with Gasteiger partial charge < -0.3 is 15.2 Å². The monoisotopic (exact) mass is 341 g/mol. The lowest BCUT2D eigenvalue weighted by atomic mass is 10.1. The first-order valence-electron chi connectivity index (χ1n) is 7.53. The van der Waals surface area contributed by atoms with Crippen molar-refractivity contribution in [2.75, 3.05) is 13.7 Å². The van der Waals surface area contributed by atoms with E-state index in [0.717, 1.165) is 5.56 Å². The van der Waals surface area contributed by atoms with Crippen molar-refractivity contribution in [1.82, 2.24) is 10.7 Å². The van der Waals surface area contributed by atoms with E-state index < -0.39 is 5.91 Å². The molecule has 2 rings (SSSR count). The summed E-state index contributed by atoms with van der Waals surface area (Å²) < 4.78 is 4.98. The van der Waals surface area contributed by atoms with Crippen LogP contribution < -0.4 is 15.5 Å². The minimum atomic E-state index is -0.456. The zero-order valence-corrected chi connectivity index (χ0v) is 13.9. The number of carbonyl (C=O) groups is 2. The van der Waals surface area contributed by atoms with E-state index in [2.05, 4.69) is 15.8 Å². The summed E-state index contributed by atoms with van der Waals surface area (Å²) >= 11 is 0. The SMILES string of the molecule is COc1cc(/C=N\NC(=O)CNC(=O)c2ccc(C)cc2)ccc1O. The van der Waals surface area contributed by atoms with Gasteiger partial charge in [0.2, 0.25) is 0 Å². The van der Waals surface area contributed by atoms with Crippen molar-refractivity contribution in [3.8, 4) is 11.5 Å². The fourth-order valence-electron chi connectivity index (χ4n) is 1.96. The van der Waals surface area contributed by atoms with Gasteiger partial charge in [-0.3, -0.25) is 9.59 Å². The van der Waals surface area contributed by atoms with Crippen LogP contribution in [0.5, 0.6) is 11.5 Å². The molecule has 2 aromatic rings. The smallest absolute Gasteiger partial charge is 0.259 e. The highest BCUT2D eigenvalue weighted by Gasteiger charge is 2.07. The summed E-state index contributed by atoms with van der Waals surface area (Å²) in [7, 11) is 1.44. The number of hydrazone groups is 1. The lowest BCUT2D eigenvalue weighted by molar-refractivity contribution is -0.120. The maximum Gasteiger partial charge on any atom is 0.259 e. The van der Waals surface area contributed by atoms with Crippen LogP contribution in [0.25, 0.3) is 0 Å². The number of hydrogen-bond donors (Lipinski definition) is 3. The number of methoxy groups -OCH3 is 1. The van der Waals surface area contributed by atoms with Gasteiger partial charge in [-0.15, -0.1) is 0 Å². The summed E-state index contributed by atoms with van der Waals surface area (Å²) in [6.45, 7) is 1.74. The van der Waals surface area contributed by atoms with Crippen LogP contribution in [0.4, 0.5) is 0 Å². The average Bonchev–Trinajstić information content (AvgIpc) is 2.61. The lowest BCUT2D eigenvalue weighted by Gasteiger charge is -2.05. The Kier molecular flexibility index (Phi) is 6.11. The number of phenols is 1. The minimum absolute atomic E-state index is 0.0162. The van der Waals surface area contributed by atoms with Crippen LogP contribution in [0, 0.1) is 6.92 Å². The number of nitrogens with one attached hydrogen (secondary N) is 2. The van der Waals surface area contributed by atoms with Gasteiger partial charge in [-0.05, 0) is 42.8 Å². The van der Waals surface area contributed by atoms with Crippen molar-refractivity contribution in [1.29, 1.82) is 0 Å². The van der Waals surface area contributed by atoms with E-state index in [-0.39, 0.29) is 18.2 Å². The Morgan fingerprint density at radius 3 is 2.60 bits per heavy atom. The topological polar surface area (TPSA) is 100 Å². The van der Waals surface area contributed by atoms with Crippen LogP contribution in [-0.2, 0) is 4.79 Å². The molecule has 0 radical (unpaired) electrons.